The number of fused-ring (bicyclic) bond motifs is 1. The summed E-state index contributed by atoms with van der Waals surface area (Å²) in [6.45, 7) is 0. The van der Waals surface area contributed by atoms with Crippen LogP contribution in [0.25, 0.3) is 22.0 Å². The van der Waals surface area contributed by atoms with Crippen molar-refractivity contribution in [1.29, 1.82) is 0 Å². The largest absolute Gasteiger partial charge is 0.465 e. The molecule has 0 aliphatic heterocycles. The molecule has 0 unspecified atom stereocenters. The molecule has 0 saturated carbocycles. The minimum atomic E-state index is -0.438. The molecule has 28 heavy (non-hydrogen) atoms. The number of amides is 1. The molecule has 0 spiro atoms. The monoisotopic (exact) mass is 388 g/mol. The fourth-order valence-corrected chi connectivity index (χ4v) is 3.57. The highest BCUT2D eigenvalue weighted by atomic mass is 32.1. The summed E-state index contributed by atoms with van der Waals surface area (Å²) in [5, 5.41) is 7.55. The second kappa shape index (κ2) is 7.62. The van der Waals surface area contributed by atoms with Crippen molar-refractivity contribution in [2.75, 3.05) is 12.4 Å². The molecule has 1 amide bonds. The minimum absolute atomic E-state index is 0.282. The van der Waals surface area contributed by atoms with Crippen LogP contribution < -0.4 is 5.32 Å². The number of carbonyl (C=O) groups is 2. The van der Waals surface area contributed by atoms with Crippen molar-refractivity contribution in [1.82, 2.24) is 4.98 Å². The number of rotatable bonds is 4. The van der Waals surface area contributed by atoms with Gasteiger partial charge in [-0.15, -0.1) is 11.3 Å². The molecule has 0 bridgehead atoms. The quantitative estimate of drug-likeness (QED) is 0.500. The molecule has 6 heteroatoms. The van der Waals surface area contributed by atoms with Crippen molar-refractivity contribution in [2.24, 2.45) is 0 Å². The maximum absolute atomic E-state index is 12.4. The molecular weight excluding hydrogens is 372 g/mol. The molecule has 1 heterocycles. The fourth-order valence-electron chi connectivity index (χ4n) is 2.86. The Morgan fingerprint density at radius 2 is 1.64 bits per heavy atom. The second-order valence-corrected chi connectivity index (χ2v) is 6.98. The van der Waals surface area contributed by atoms with Crippen LogP contribution in [0.3, 0.4) is 0 Å². The first-order valence-corrected chi connectivity index (χ1v) is 9.46. The van der Waals surface area contributed by atoms with E-state index in [-0.39, 0.29) is 5.91 Å². The van der Waals surface area contributed by atoms with Crippen molar-refractivity contribution in [2.45, 2.75) is 0 Å². The Balaban J connectivity index is 1.51. The topological polar surface area (TPSA) is 68.3 Å². The van der Waals surface area contributed by atoms with E-state index in [1.807, 2.05) is 23.6 Å². The van der Waals surface area contributed by atoms with E-state index in [2.05, 4.69) is 39.3 Å². The van der Waals surface area contributed by atoms with Gasteiger partial charge in [-0.2, -0.15) is 0 Å². The summed E-state index contributed by atoms with van der Waals surface area (Å²) < 4.78 is 4.66. The van der Waals surface area contributed by atoms with E-state index in [4.69, 9.17) is 0 Å². The highest BCUT2D eigenvalue weighted by Gasteiger charge is 2.12. The molecular formula is C22H16N2O3S. The summed E-state index contributed by atoms with van der Waals surface area (Å²) in [7, 11) is 1.32. The Kier molecular flexibility index (Phi) is 4.87. The summed E-state index contributed by atoms with van der Waals surface area (Å²) in [4.78, 5) is 28.4. The van der Waals surface area contributed by atoms with Gasteiger partial charge in [0, 0.05) is 16.5 Å². The number of thiazole rings is 1. The van der Waals surface area contributed by atoms with Gasteiger partial charge in [0.25, 0.3) is 5.91 Å². The number of esters is 1. The summed E-state index contributed by atoms with van der Waals surface area (Å²) in [5.41, 5.74) is 2.65. The number of hydrogen-bond donors (Lipinski definition) is 1. The maximum Gasteiger partial charge on any atom is 0.337 e. The van der Waals surface area contributed by atoms with Crippen molar-refractivity contribution in [3.8, 4) is 11.3 Å². The van der Waals surface area contributed by atoms with Crippen LogP contribution >= 0.6 is 11.3 Å². The molecule has 0 aliphatic carbocycles. The van der Waals surface area contributed by atoms with E-state index in [1.165, 1.54) is 23.8 Å². The minimum Gasteiger partial charge on any atom is -0.465 e. The normalized spacial score (nSPS) is 10.6. The first kappa shape index (κ1) is 17.9. The smallest absolute Gasteiger partial charge is 0.337 e. The predicted octanol–water partition coefficient (Wildman–Crippen LogP) is 5.00. The predicted molar refractivity (Wildman–Crippen MR) is 111 cm³/mol. The molecule has 138 valence electrons. The van der Waals surface area contributed by atoms with Crippen LogP contribution in [-0.2, 0) is 4.74 Å². The van der Waals surface area contributed by atoms with E-state index in [0.717, 1.165) is 16.6 Å². The zero-order valence-corrected chi connectivity index (χ0v) is 15.8. The standard InChI is InChI=1S/C22H16N2O3S/c1-27-21(26)16-9-7-15(8-10-16)20(25)24-22-23-19(13-28-22)18-11-6-14-4-2-3-5-17(14)12-18/h2-13H,1H3,(H,23,24,25). The lowest BCUT2D eigenvalue weighted by Crippen LogP contribution is -2.12. The number of nitrogens with zero attached hydrogens (tertiary/aromatic N) is 1. The number of anilines is 1. The molecule has 0 saturated heterocycles. The third-order valence-electron chi connectivity index (χ3n) is 4.34. The number of hydrogen-bond acceptors (Lipinski definition) is 5. The number of nitrogens with one attached hydrogen (secondary N) is 1. The van der Waals surface area contributed by atoms with Crippen LogP contribution in [0.15, 0.2) is 72.1 Å². The number of carbonyl (C=O) groups excluding carboxylic acids is 2. The van der Waals surface area contributed by atoms with Gasteiger partial charge in [0.1, 0.15) is 0 Å². The Morgan fingerprint density at radius 3 is 2.39 bits per heavy atom. The van der Waals surface area contributed by atoms with Crippen LogP contribution in [-0.4, -0.2) is 24.0 Å². The summed E-state index contributed by atoms with van der Waals surface area (Å²) in [6.07, 6.45) is 0. The lowest BCUT2D eigenvalue weighted by molar-refractivity contribution is 0.0600. The summed E-state index contributed by atoms with van der Waals surface area (Å²) in [5.74, 6) is -0.720. The van der Waals surface area contributed by atoms with Crippen molar-refractivity contribution in [3.63, 3.8) is 0 Å². The molecule has 4 aromatic rings. The van der Waals surface area contributed by atoms with Gasteiger partial charge in [-0.3, -0.25) is 10.1 Å². The van der Waals surface area contributed by atoms with Gasteiger partial charge in [-0.1, -0.05) is 36.4 Å². The van der Waals surface area contributed by atoms with Crippen LogP contribution in [0.1, 0.15) is 20.7 Å². The van der Waals surface area contributed by atoms with Gasteiger partial charge < -0.3 is 4.74 Å². The SMILES string of the molecule is COC(=O)c1ccc(C(=O)Nc2nc(-c3ccc4ccccc4c3)cs2)cc1. The number of ether oxygens (including phenoxy) is 1. The lowest BCUT2D eigenvalue weighted by atomic mass is 10.1. The number of methoxy groups -OCH3 is 1. The Labute approximate surface area is 165 Å². The molecule has 0 radical (unpaired) electrons. The van der Waals surface area contributed by atoms with Crippen LogP contribution in [0.2, 0.25) is 0 Å². The average molecular weight is 388 g/mol. The molecule has 0 aliphatic rings. The molecule has 3 aromatic carbocycles. The zero-order chi connectivity index (χ0) is 19.5. The van der Waals surface area contributed by atoms with Crippen molar-refractivity contribution < 1.29 is 14.3 Å². The molecule has 1 aromatic heterocycles. The zero-order valence-electron chi connectivity index (χ0n) is 15.0. The first-order chi connectivity index (χ1) is 13.6. The van der Waals surface area contributed by atoms with Gasteiger partial charge >= 0.3 is 5.97 Å². The fraction of sp³-hybridized carbons (Fsp3) is 0.0455. The van der Waals surface area contributed by atoms with Crippen LogP contribution in [0.4, 0.5) is 5.13 Å². The molecule has 1 N–H and O–H groups in total. The van der Waals surface area contributed by atoms with E-state index >= 15 is 0 Å². The highest BCUT2D eigenvalue weighted by molar-refractivity contribution is 7.14. The van der Waals surface area contributed by atoms with Gasteiger partial charge in [-0.25, -0.2) is 9.78 Å². The van der Waals surface area contributed by atoms with Crippen LogP contribution in [0, 0.1) is 0 Å². The van der Waals surface area contributed by atoms with E-state index in [9.17, 15) is 9.59 Å². The third-order valence-corrected chi connectivity index (χ3v) is 5.10. The summed E-state index contributed by atoms with van der Waals surface area (Å²) in [6, 6.07) is 20.6. The molecule has 4 rings (SSSR count). The lowest BCUT2D eigenvalue weighted by Gasteiger charge is -2.03. The van der Waals surface area contributed by atoms with E-state index in [1.54, 1.807) is 24.3 Å². The third kappa shape index (κ3) is 3.63. The highest BCUT2D eigenvalue weighted by Crippen LogP contribution is 2.28. The summed E-state index contributed by atoms with van der Waals surface area (Å²) >= 11 is 1.37. The van der Waals surface area contributed by atoms with Gasteiger partial charge in [0.2, 0.25) is 0 Å². The Morgan fingerprint density at radius 1 is 0.929 bits per heavy atom. The van der Waals surface area contributed by atoms with Crippen molar-refractivity contribution in [3.05, 3.63) is 83.2 Å². The molecule has 0 atom stereocenters. The molecule has 5 nitrogen and oxygen atoms in total. The van der Waals surface area contributed by atoms with Gasteiger partial charge in [-0.05, 0) is 41.1 Å². The maximum atomic E-state index is 12.4. The number of benzene rings is 3. The van der Waals surface area contributed by atoms with E-state index < -0.39 is 5.97 Å². The molecule has 0 fully saturated rings. The Bertz CT molecular complexity index is 1170. The van der Waals surface area contributed by atoms with Gasteiger partial charge in [0.15, 0.2) is 5.13 Å². The van der Waals surface area contributed by atoms with E-state index in [0.29, 0.717) is 16.3 Å². The van der Waals surface area contributed by atoms with Gasteiger partial charge in [0.05, 0.1) is 18.4 Å². The van der Waals surface area contributed by atoms with Crippen molar-refractivity contribution >= 4 is 39.1 Å². The second-order valence-electron chi connectivity index (χ2n) is 6.12. The average Bonchev–Trinajstić information content (AvgIpc) is 3.21. The first-order valence-electron chi connectivity index (χ1n) is 8.58. The van der Waals surface area contributed by atoms with Crippen LogP contribution in [0.5, 0.6) is 0 Å². The Hall–Kier alpha value is -3.51. The number of aromatic nitrogens is 1.